The highest BCUT2D eigenvalue weighted by Gasteiger charge is 2.43. The Balaban J connectivity index is 2.36. The average Bonchev–Trinajstić information content (AvgIpc) is 2.66. The van der Waals surface area contributed by atoms with Gasteiger partial charge < -0.3 is 0 Å². The minimum Gasteiger partial charge on any atom is -0.270 e. The first kappa shape index (κ1) is 13.6. The second kappa shape index (κ2) is 4.44. The predicted molar refractivity (Wildman–Crippen MR) is 57.7 cm³/mol. The molecule has 2 atom stereocenters. The quantitative estimate of drug-likeness (QED) is 0.488. The van der Waals surface area contributed by atoms with Gasteiger partial charge in [0.2, 0.25) is 0 Å². The standard InChI is InChI=1S/C8H14O6S2/c1-6-7(4-13-15(2,9)10)8(6)5-14-16(3,11)12/h7-8H,1,4-5H2,2-3H3/t7-,8-/m0/s1. The van der Waals surface area contributed by atoms with Crippen molar-refractivity contribution in [3.8, 4) is 0 Å². The van der Waals surface area contributed by atoms with Gasteiger partial charge in [0.05, 0.1) is 25.7 Å². The van der Waals surface area contributed by atoms with E-state index >= 15 is 0 Å². The minimum atomic E-state index is -3.47. The summed E-state index contributed by atoms with van der Waals surface area (Å²) in [5, 5.41) is 0. The summed E-state index contributed by atoms with van der Waals surface area (Å²) < 4.78 is 52.0. The van der Waals surface area contributed by atoms with E-state index < -0.39 is 20.2 Å². The smallest absolute Gasteiger partial charge is 0.264 e. The largest absolute Gasteiger partial charge is 0.270 e. The molecule has 1 aliphatic rings. The Morgan fingerprint density at radius 1 is 1.00 bits per heavy atom. The monoisotopic (exact) mass is 270 g/mol. The topological polar surface area (TPSA) is 86.7 Å². The van der Waals surface area contributed by atoms with Crippen LogP contribution in [-0.4, -0.2) is 42.6 Å². The molecule has 94 valence electrons. The Morgan fingerprint density at radius 3 is 1.56 bits per heavy atom. The van der Waals surface area contributed by atoms with Gasteiger partial charge in [-0.05, 0) is 0 Å². The molecule has 0 aliphatic heterocycles. The van der Waals surface area contributed by atoms with Crippen molar-refractivity contribution in [2.75, 3.05) is 25.7 Å². The third-order valence-corrected chi connectivity index (χ3v) is 3.38. The molecule has 0 saturated heterocycles. The molecule has 0 aromatic rings. The van der Waals surface area contributed by atoms with Crippen LogP contribution in [0.4, 0.5) is 0 Å². The van der Waals surface area contributed by atoms with Crippen LogP contribution in [0.2, 0.25) is 0 Å². The fourth-order valence-electron chi connectivity index (χ4n) is 1.29. The van der Waals surface area contributed by atoms with Crippen molar-refractivity contribution in [2.45, 2.75) is 0 Å². The number of hydrogen-bond donors (Lipinski definition) is 0. The first-order chi connectivity index (χ1) is 7.10. The van der Waals surface area contributed by atoms with Crippen molar-refractivity contribution in [1.82, 2.24) is 0 Å². The van der Waals surface area contributed by atoms with Gasteiger partial charge in [0.25, 0.3) is 20.2 Å². The summed E-state index contributed by atoms with van der Waals surface area (Å²) in [6, 6.07) is 0. The molecule has 1 saturated carbocycles. The van der Waals surface area contributed by atoms with Crippen molar-refractivity contribution in [1.29, 1.82) is 0 Å². The maximum Gasteiger partial charge on any atom is 0.264 e. The molecule has 1 fully saturated rings. The third kappa shape index (κ3) is 4.60. The molecule has 0 radical (unpaired) electrons. The molecule has 1 rings (SSSR count). The molecule has 0 aromatic heterocycles. The van der Waals surface area contributed by atoms with E-state index in [0.29, 0.717) is 0 Å². The summed E-state index contributed by atoms with van der Waals surface area (Å²) >= 11 is 0. The number of hydrogen-bond acceptors (Lipinski definition) is 6. The molecule has 0 spiro atoms. The second-order valence-corrected chi connectivity index (χ2v) is 7.05. The Bertz CT molecular complexity index is 431. The van der Waals surface area contributed by atoms with Gasteiger partial charge in [0, 0.05) is 11.8 Å². The lowest BCUT2D eigenvalue weighted by molar-refractivity contribution is 0.264. The highest BCUT2D eigenvalue weighted by atomic mass is 32.2. The summed E-state index contributed by atoms with van der Waals surface area (Å²) in [4.78, 5) is 0. The lowest BCUT2D eigenvalue weighted by Gasteiger charge is -2.00. The highest BCUT2D eigenvalue weighted by Crippen LogP contribution is 2.44. The molecular formula is C8H14O6S2. The van der Waals surface area contributed by atoms with E-state index in [1.165, 1.54) is 0 Å². The van der Waals surface area contributed by atoms with E-state index in [2.05, 4.69) is 14.9 Å². The molecule has 6 nitrogen and oxygen atoms in total. The first-order valence-electron chi connectivity index (χ1n) is 4.47. The zero-order valence-electron chi connectivity index (χ0n) is 9.04. The second-order valence-electron chi connectivity index (χ2n) is 3.77. The summed E-state index contributed by atoms with van der Waals surface area (Å²) in [6.07, 6.45) is 1.92. The van der Waals surface area contributed by atoms with Crippen LogP contribution in [0.3, 0.4) is 0 Å². The molecular weight excluding hydrogens is 256 g/mol. The Kier molecular flexibility index (Phi) is 3.78. The lowest BCUT2D eigenvalue weighted by atomic mass is 10.3. The summed E-state index contributed by atoms with van der Waals surface area (Å²) in [6.45, 7) is 3.67. The van der Waals surface area contributed by atoms with Gasteiger partial charge >= 0.3 is 0 Å². The summed E-state index contributed by atoms with van der Waals surface area (Å²) in [5.41, 5.74) is 0.757. The van der Waals surface area contributed by atoms with E-state index in [1.807, 2.05) is 0 Å². The van der Waals surface area contributed by atoms with Crippen molar-refractivity contribution in [2.24, 2.45) is 11.8 Å². The average molecular weight is 270 g/mol. The molecule has 1 aliphatic carbocycles. The third-order valence-electron chi connectivity index (χ3n) is 2.25. The maximum absolute atomic E-state index is 10.7. The van der Waals surface area contributed by atoms with Gasteiger partial charge in [-0.1, -0.05) is 12.2 Å². The van der Waals surface area contributed by atoms with E-state index in [4.69, 9.17) is 0 Å². The number of rotatable bonds is 6. The lowest BCUT2D eigenvalue weighted by Crippen LogP contribution is -2.09. The van der Waals surface area contributed by atoms with Crippen LogP contribution < -0.4 is 0 Å². The van der Waals surface area contributed by atoms with Crippen LogP contribution in [0.5, 0.6) is 0 Å². The Morgan fingerprint density at radius 2 is 1.31 bits per heavy atom. The van der Waals surface area contributed by atoms with Gasteiger partial charge in [0.1, 0.15) is 0 Å². The van der Waals surface area contributed by atoms with Gasteiger partial charge in [-0.3, -0.25) is 8.37 Å². The van der Waals surface area contributed by atoms with Gasteiger partial charge in [-0.25, -0.2) is 0 Å². The Labute approximate surface area is 95.5 Å². The van der Waals surface area contributed by atoms with Crippen LogP contribution in [0.15, 0.2) is 12.2 Å². The van der Waals surface area contributed by atoms with Crippen molar-refractivity contribution < 1.29 is 25.2 Å². The first-order valence-corrected chi connectivity index (χ1v) is 8.11. The van der Waals surface area contributed by atoms with Crippen LogP contribution in [0.1, 0.15) is 0 Å². The van der Waals surface area contributed by atoms with Gasteiger partial charge in [-0.15, -0.1) is 0 Å². The van der Waals surface area contributed by atoms with E-state index in [1.54, 1.807) is 0 Å². The fourth-order valence-corrected chi connectivity index (χ4v) is 2.07. The molecule has 8 heteroatoms. The minimum absolute atomic E-state index is 0.00451. The predicted octanol–water partition coefficient (Wildman–Crippen LogP) is -0.259. The van der Waals surface area contributed by atoms with E-state index in [-0.39, 0.29) is 25.0 Å². The molecule has 0 N–H and O–H groups in total. The SMILES string of the molecule is C=C1[C@H](COS(C)(=O)=O)[C@H]1COS(C)(=O)=O. The normalized spacial score (nSPS) is 25.8. The zero-order valence-corrected chi connectivity index (χ0v) is 10.7. The summed E-state index contributed by atoms with van der Waals surface area (Å²) in [7, 11) is -6.94. The molecule has 0 aromatic carbocycles. The molecule has 0 bridgehead atoms. The van der Waals surface area contributed by atoms with Crippen LogP contribution in [-0.2, 0) is 28.6 Å². The molecule has 16 heavy (non-hydrogen) atoms. The summed E-state index contributed by atoms with van der Waals surface area (Å²) in [5.74, 6) is -0.284. The molecule has 0 heterocycles. The highest BCUT2D eigenvalue weighted by molar-refractivity contribution is 7.86. The zero-order chi connectivity index (χ0) is 12.6. The van der Waals surface area contributed by atoms with E-state index in [9.17, 15) is 16.8 Å². The Hall–Kier alpha value is -0.440. The molecule has 0 amide bonds. The molecule has 0 unspecified atom stereocenters. The van der Waals surface area contributed by atoms with Crippen LogP contribution in [0.25, 0.3) is 0 Å². The van der Waals surface area contributed by atoms with Crippen molar-refractivity contribution in [3.05, 3.63) is 12.2 Å². The van der Waals surface area contributed by atoms with Crippen molar-refractivity contribution in [3.63, 3.8) is 0 Å². The van der Waals surface area contributed by atoms with Crippen LogP contribution >= 0.6 is 0 Å². The van der Waals surface area contributed by atoms with E-state index in [0.717, 1.165) is 18.1 Å². The van der Waals surface area contributed by atoms with Gasteiger partial charge in [-0.2, -0.15) is 16.8 Å². The van der Waals surface area contributed by atoms with Crippen molar-refractivity contribution >= 4 is 20.2 Å². The van der Waals surface area contributed by atoms with Crippen LogP contribution in [0, 0.1) is 11.8 Å². The van der Waals surface area contributed by atoms with Gasteiger partial charge in [0.15, 0.2) is 0 Å². The maximum atomic E-state index is 10.7. The fraction of sp³-hybridized carbons (Fsp3) is 0.750.